The van der Waals surface area contributed by atoms with E-state index < -0.39 is 0 Å². The summed E-state index contributed by atoms with van der Waals surface area (Å²) in [6.45, 7) is 0. The van der Waals surface area contributed by atoms with Crippen molar-refractivity contribution in [1.82, 2.24) is 20.2 Å². The van der Waals surface area contributed by atoms with Gasteiger partial charge >= 0.3 is 0 Å². The van der Waals surface area contributed by atoms with E-state index in [0.717, 1.165) is 22.3 Å². The lowest BCUT2D eigenvalue weighted by molar-refractivity contribution is 0.415. The van der Waals surface area contributed by atoms with Crippen molar-refractivity contribution in [2.75, 3.05) is 17.7 Å². The van der Waals surface area contributed by atoms with Crippen LogP contribution in [0.4, 0.5) is 23.1 Å². The fourth-order valence-electron chi connectivity index (χ4n) is 2.63. The molecule has 4 rings (SSSR count). The van der Waals surface area contributed by atoms with Gasteiger partial charge in [0.05, 0.1) is 29.5 Å². The lowest BCUT2D eigenvalue weighted by Gasteiger charge is -2.10. The van der Waals surface area contributed by atoms with Crippen molar-refractivity contribution < 1.29 is 4.74 Å². The maximum Gasteiger partial charge on any atom is 0.249 e. The third-order valence-electron chi connectivity index (χ3n) is 3.86. The number of hydrogen-bond acceptors (Lipinski definition) is 7. The van der Waals surface area contributed by atoms with Crippen molar-refractivity contribution in [3.63, 3.8) is 0 Å². The molecule has 2 N–H and O–H groups in total. The molecule has 0 aliphatic carbocycles. The van der Waals surface area contributed by atoms with E-state index in [2.05, 4.69) is 30.8 Å². The molecule has 2 heterocycles. The molecule has 0 spiro atoms. The highest BCUT2D eigenvalue weighted by Gasteiger charge is 2.07. The van der Waals surface area contributed by atoms with Crippen LogP contribution in [-0.4, -0.2) is 27.3 Å². The standard InChI is InChI=1S/C19H15ClN6O/c1-27-16-8-7-13(10-14(16)20)23-19-25-17(11-22-26-19)24-15-6-2-4-12-5-3-9-21-18(12)15/h2-11H,1H3,(H2,23,24,25,26). The Hall–Kier alpha value is -3.45. The minimum absolute atomic E-state index is 0.342. The zero-order valence-corrected chi connectivity index (χ0v) is 15.1. The average molecular weight is 379 g/mol. The van der Waals surface area contributed by atoms with E-state index in [1.807, 2.05) is 36.4 Å². The van der Waals surface area contributed by atoms with Crippen molar-refractivity contribution in [1.29, 1.82) is 0 Å². The number of para-hydroxylation sites is 1. The molecule has 8 heteroatoms. The van der Waals surface area contributed by atoms with Gasteiger partial charge in [-0.1, -0.05) is 29.8 Å². The van der Waals surface area contributed by atoms with E-state index in [4.69, 9.17) is 16.3 Å². The molecule has 0 atom stereocenters. The highest BCUT2D eigenvalue weighted by atomic mass is 35.5. The van der Waals surface area contributed by atoms with E-state index in [0.29, 0.717) is 22.5 Å². The molecule has 0 aliphatic rings. The number of nitrogens with one attached hydrogen (secondary N) is 2. The van der Waals surface area contributed by atoms with Crippen LogP contribution in [0.2, 0.25) is 5.02 Å². The summed E-state index contributed by atoms with van der Waals surface area (Å²) in [4.78, 5) is 8.87. The Morgan fingerprint density at radius 3 is 2.78 bits per heavy atom. The summed E-state index contributed by atoms with van der Waals surface area (Å²) < 4.78 is 5.15. The number of rotatable bonds is 5. The maximum atomic E-state index is 6.15. The minimum atomic E-state index is 0.342. The molecule has 7 nitrogen and oxygen atoms in total. The van der Waals surface area contributed by atoms with E-state index in [1.54, 1.807) is 31.6 Å². The van der Waals surface area contributed by atoms with Gasteiger partial charge in [-0.05, 0) is 30.3 Å². The molecule has 0 amide bonds. The summed E-state index contributed by atoms with van der Waals surface area (Å²) in [7, 11) is 1.57. The Balaban J connectivity index is 1.58. The lowest BCUT2D eigenvalue weighted by atomic mass is 10.2. The van der Waals surface area contributed by atoms with Gasteiger partial charge in [0.25, 0.3) is 0 Å². The number of pyridine rings is 1. The number of halogens is 1. The number of fused-ring (bicyclic) bond motifs is 1. The first-order chi connectivity index (χ1) is 13.2. The van der Waals surface area contributed by atoms with Gasteiger partial charge in [0.15, 0.2) is 5.82 Å². The highest BCUT2D eigenvalue weighted by molar-refractivity contribution is 6.32. The van der Waals surface area contributed by atoms with Crippen LogP contribution >= 0.6 is 11.6 Å². The monoisotopic (exact) mass is 378 g/mol. The number of ether oxygens (including phenoxy) is 1. The fraction of sp³-hybridized carbons (Fsp3) is 0.0526. The summed E-state index contributed by atoms with van der Waals surface area (Å²) in [5.41, 5.74) is 2.42. The summed E-state index contributed by atoms with van der Waals surface area (Å²) in [5, 5.41) is 15.9. The van der Waals surface area contributed by atoms with Crippen LogP contribution in [0.1, 0.15) is 0 Å². The Labute approximate surface area is 160 Å². The van der Waals surface area contributed by atoms with E-state index in [9.17, 15) is 0 Å². The van der Waals surface area contributed by atoms with Gasteiger partial charge < -0.3 is 15.4 Å². The van der Waals surface area contributed by atoms with Crippen LogP contribution in [0.5, 0.6) is 5.75 Å². The van der Waals surface area contributed by atoms with Gasteiger partial charge in [-0.3, -0.25) is 4.98 Å². The predicted octanol–water partition coefficient (Wildman–Crippen LogP) is 4.57. The number of methoxy groups -OCH3 is 1. The van der Waals surface area contributed by atoms with Gasteiger partial charge in [-0.25, -0.2) is 0 Å². The average Bonchev–Trinajstić information content (AvgIpc) is 2.69. The lowest BCUT2D eigenvalue weighted by Crippen LogP contribution is -2.03. The number of hydrogen-bond donors (Lipinski definition) is 2. The van der Waals surface area contributed by atoms with Crippen molar-refractivity contribution in [3.05, 3.63) is 65.9 Å². The normalized spacial score (nSPS) is 10.6. The third kappa shape index (κ3) is 3.73. The largest absolute Gasteiger partial charge is 0.495 e. The first kappa shape index (κ1) is 17.0. The van der Waals surface area contributed by atoms with Crippen molar-refractivity contribution in [3.8, 4) is 5.75 Å². The van der Waals surface area contributed by atoms with Crippen molar-refractivity contribution >= 4 is 45.6 Å². The second-order valence-electron chi connectivity index (χ2n) is 5.65. The summed E-state index contributed by atoms with van der Waals surface area (Å²) >= 11 is 6.15. The first-order valence-corrected chi connectivity index (χ1v) is 8.52. The number of aromatic nitrogens is 4. The molecule has 134 valence electrons. The molecular weight excluding hydrogens is 364 g/mol. The van der Waals surface area contributed by atoms with Crippen LogP contribution in [0, 0.1) is 0 Å². The molecule has 2 aromatic heterocycles. The molecule has 0 aliphatic heterocycles. The molecule has 0 saturated heterocycles. The SMILES string of the molecule is COc1ccc(Nc2nncc(Nc3cccc4cccnc34)n2)cc1Cl. The van der Waals surface area contributed by atoms with Gasteiger partial charge in [0.1, 0.15) is 5.75 Å². The topological polar surface area (TPSA) is 84.9 Å². The Bertz CT molecular complexity index is 1100. The second-order valence-corrected chi connectivity index (χ2v) is 6.05. The molecule has 0 unspecified atom stereocenters. The van der Waals surface area contributed by atoms with Crippen LogP contribution < -0.4 is 15.4 Å². The van der Waals surface area contributed by atoms with Gasteiger partial charge in [-0.15, -0.1) is 5.10 Å². The van der Waals surface area contributed by atoms with E-state index in [-0.39, 0.29) is 0 Å². The van der Waals surface area contributed by atoms with Gasteiger partial charge in [0.2, 0.25) is 5.95 Å². The zero-order valence-electron chi connectivity index (χ0n) is 14.3. The molecule has 0 saturated carbocycles. The van der Waals surface area contributed by atoms with Crippen molar-refractivity contribution in [2.45, 2.75) is 0 Å². The molecule has 0 radical (unpaired) electrons. The molecule has 0 bridgehead atoms. The van der Waals surface area contributed by atoms with Crippen LogP contribution in [0.15, 0.2) is 60.9 Å². The Morgan fingerprint density at radius 2 is 1.93 bits per heavy atom. The Kier molecular flexibility index (Phi) is 4.67. The molecule has 2 aromatic carbocycles. The summed E-state index contributed by atoms with van der Waals surface area (Å²) in [6.07, 6.45) is 3.31. The zero-order chi connectivity index (χ0) is 18.6. The molecule has 27 heavy (non-hydrogen) atoms. The third-order valence-corrected chi connectivity index (χ3v) is 4.16. The van der Waals surface area contributed by atoms with Crippen LogP contribution in [-0.2, 0) is 0 Å². The quantitative estimate of drug-likeness (QED) is 0.526. The summed E-state index contributed by atoms with van der Waals surface area (Å²) in [6, 6.07) is 15.1. The maximum absolute atomic E-state index is 6.15. The minimum Gasteiger partial charge on any atom is -0.495 e. The van der Waals surface area contributed by atoms with E-state index >= 15 is 0 Å². The summed E-state index contributed by atoms with van der Waals surface area (Å²) in [5.74, 6) is 1.49. The van der Waals surface area contributed by atoms with E-state index in [1.165, 1.54) is 0 Å². The smallest absolute Gasteiger partial charge is 0.249 e. The van der Waals surface area contributed by atoms with Crippen LogP contribution in [0.3, 0.4) is 0 Å². The van der Waals surface area contributed by atoms with Gasteiger partial charge in [0, 0.05) is 17.3 Å². The molecule has 0 fully saturated rings. The second kappa shape index (κ2) is 7.43. The Morgan fingerprint density at radius 1 is 1.04 bits per heavy atom. The number of benzene rings is 2. The first-order valence-electron chi connectivity index (χ1n) is 8.14. The predicted molar refractivity (Wildman–Crippen MR) is 106 cm³/mol. The van der Waals surface area contributed by atoms with Gasteiger partial charge in [-0.2, -0.15) is 10.1 Å². The number of nitrogens with zero attached hydrogens (tertiary/aromatic N) is 4. The fourth-order valence-corrected chi connectivity index (χ4v) is 2.89. The van der Waals surface area contributed by atoms with Crippen LogP contribution in [0.25, 0.3) is 10.9 Å². The van der Waals surface area contributed by atoms with Crippen molar-refractivity contribution in [2.24, 2.45) is 0 Å². The molecule has 4 aromatic rings. The highest BCUT2D eigenvalue weighted by Crippen LogP contribution is 2.28. The number of anilines is 4. The molecular formula is C19H15ClN6O.